The van der Waals surface area contributed by atoms with Gasteiger partial charge in [-0.05, 0) is 71.2 Å². The number of phenolic OH excluding ortho intramolecular Hbond substituents is 3. The largest absolute Gasteiger partial charge is 0.508 e. The third-order valence-corrected chi connectivity index (χ3v) is 9.74. The van der Waals surface area contributed by atoms with Gasteiger partial charge in [-0.25, -0.2) is 4.79 Å². The highest BCUT2D eigenvalue weighted by Crippen LogP contribution is 2.33. The van der Waals surface area contributed by atoms with E-state index in [0.717, 1.165) is 52.5 Å². The van der Waals surface area contributed by atoms with E-state index >= 15 is 0 Å². The molecule has 0 amide bonds. The molecular weight excluding hydrogens is 917 g/mol. The molecule has 68 heavy (non-hydrogen) atoms. The van der Waals surface area contributed by atoms with Crippen LogP contribution in [0.15, 0.2) is 39.5 Å². The topological polar surface area (TPSA) is 285 Å². The van der Waals surface area contributed by atoms with Crippen LogP contribution in [0.5, 0.6) is 28.7 Å². The van der Waals surface area contributed by atoms with Gasteiger partial charge < -0.3 is 52.9 Å². The molecule has 2 fully saturated rings. The van der Waals surface area contributed by atoms with E-state index in [9.17, 15) is 42.6 Å². The zero-order valence-electron chi connectivity index (χ0n) is 39.1. The highest BCUT2D eigenvalue weighted by Gasteiger charge is 2.25. The van der Waals surface area contributed by atoms with Crippen molar-refractivity contribution >= 4 is 44.8 Å². The Morgan fingerprint density at radius 1 is 0.750 bits per heavy atom. The molecule has 384 valence electrons. The lowest BCUT2D eigenvalue weighted by atomic mass is 9.99. The van der Waals surface area contributed by atoms with Crippen LogP contribution in [0.3, 0.4) is 0 Å². The van der Waals surface area contributed by atoms with E-state index in [-0.39, 0.29) is 74.3 Å². The number of fused-ring (bicyclic) bond motifs is 1. The van der Waals surface area contributed by atoms with Gasteiger partial charge in [0, 0.05) is 75.2 Å². The minimum absolute atomic E-state index is 0. The number of aromatic hydroxyl groups is 3. The van der Waals surface area contributed by atoms with Gasteiger partial charge in [0.15, 0.2) is 23.0 Å². The summed E-state index contributed by atoms with van der Waals surface area (Å²) in [6, 6.07) is 7.39. The minimum atomic E-state index is -3.67. The number of aryl methyl sites for hydroxylation is 1. The monoisotopic (exact) mass is 986 g/mol. The number of carbonyl (C=O) groups is 4. The number of Topliss-reactive ketones (excluding diaryl/α,β-unsaturated/α-hetero) is 1. The van der Waals surface area contributed by atoms with E-state index in [1.165, 1.54) is 25.1 Å². The molecule has 21 nitrogen and oxygen atoms in total. The first kappa shape index (κ1) is 60.5. The number of hydrogen-bond donors (Lipinski definition) is 4. The Balaban J connectivity index is 0.000000510. The molecule has 22 heteroatoms. The van der Waals surface area contributed by atoms with Crippen molar-refractivity contribution in [2.45, 2.75) is 67.7 Å². The Morgan fingerprint density at radius 2 is 1.24 bits per heavy atom. The quantitative estimate of drug-likeness (QED) is 0.0433. The Bertz CT molecular complexity index is 2180. The number of nitrogens with zero attached hydrogens (tertiary/aromatic N) is 2. The molecule has 2 aliphatic heterocycles. The highest BCUT2D eigenvalue weighted by molar-refractivity contribution is 7.85. The Morgan fingerprint density at radius 3 is 1.72 bits per heavy atom. The van der Waals surface area contributed by atoms with Crippen LogP contribution in [-0.4, -0.2) is 167 Å². The molecule has 0 aliphatic carbocycles. The van der Waals surface area contributed by atoms with Gasteiger partial charge >= 0.3 is 23.5 Å². The second-order valence-electron chi connectivity index (χ2n) is 14.9. The number of benzene rings is 2. The molecule has 3 aromatic rings. The Kier molecular flexibility index (Phi) is 28.7. The summed E-state index contributed by atoms with van der Waals surface area (Å²) < 4.78 is 67.4. The minimum Gasteiger partial charge on any atom is -0.508 e. The Hall–Kier alpha value is -5.52. The van der Waals surface area contributed by atoms with Gasteiger partial charge in [-0.1, -0.05) is 7.43 Å². The molecule has 2 aromatic carbocycles. The fourth-order valence-corrected chi connectivity index (χ4v) is 6.34. The van der Waals surface area contributed by atoms with Gasteiger partial charge in [0.05, 0.1) is 52.5 Å². The molecule has 3 heterocycles. The first-order chi connectivity index (χ1) is 31.8. The van der Waals surface area contributed by atoms with Crippen molar-refractivity contribution in [3.05, 3.63) is 51.9 Å². The van der Waals surface area contributed by atoms with E-state index < -0.39 is 33.6 Å². The summed E-state index contributed by atoms with van der Waals surface area (Å²) >= 11 is 0. The summed E-state index contributed by atoms with van der Waals surface area (Å²) in [6.45, 7) is 18.0. The Labute approximate surface area is 397 Å². The summed E-state index contributed by atoms with van der Waals surface area (Å²) in [5, 5.41) is 29.6. The fourth-order valence-electron chi connectivity index (χ4n) is 6.34. The number of ketones is 1. The van der Waals surface area contributed by atoms with Crippen LogP contribution in [0.25, 0.3) is 11.0 Å². The van der Waals surface area contributed by atoms with Crippen LogP contribution < -0.4 is 15.1 Å². The smallest absolute Gasteiger partial charge is 0.339 e. The van der Waals surface area contributed by atoms with Crippen molar-refractivity contribution in [2.24, 2.45) is 5.92 Å². The number of phenols is 3. The molecule has 5 rings (SSSR count). The van der Waals surface area contributed by atoms with Crippen molar-refractivity contribution in [3.8, 4) is 28.7 Å². The van der Waals surface area contributed by atoms with Crippen LogP contribution in [0.2, 0.25) is 0 Å². The predicted octanol–water partition coefficient (Wildman–Crippen LogP) is 4.06. The molecule has 0 saturated carbocycles. The van der Waals surface area contributed by atoms with Crippen LogP contribution in [-0.2, 0) is 59.4 Å². The van der Waals surface area contributed by atoms with E-state index in [1.54, 1.807) is 39.8 Å². The SMILES string of the molecule is C.CCOC(=O)CCC(C(C)=O)C(=O)OCC.CCOC(=O)CCc1c(C)c2cc(OCCN3CCOCC3)c(O)cc2oc1=O.CS(=O)(=O)O.Oc1ccc(OCCN2CCOCC2)c(O)c1. The standard InChI is InChI=1S/C21H27NO7.C12H17NO4.C11H18O5.CH4O3S.CH4/c1-3-27-20(24)5-4-15-14(2)16-12-19(17(23)13-18(16)29-21(15)25)28-11-8-22-6-9-26-10-7-22;14-10-1-2-12(11(15)9-10)17-8-5-13-3-6-16-7-4-13;1-4-15-10(13)7-6-9(8(3)12)11(14)16-5-2;1-5(2,3)4;/h12-13,23H,3-11H2,1-2H3;1-2,9,14-15H,3-8H2;9H,4-7H2,1-3H3;1H3,(H,2,3,4);1H4. The fraction of sp³-hybridized carbons (Fsp3) is 0.587. The third kappa shape index (κ3) is 24.0. The number of esters is 3. The summed E-state index contributed by atoms with van der Waals surface area (Å²) in [5.41, 5.74) is 0.902. The average molecular weight is 987 g/mol. The molecule has 2 saturated heterocycles. The maximum absolute atomic E-state index is 12.3. The van der Waals surface area contributed by atoms with Crippen molar-refractivity contribution in [3.63, 3.8) is 0 Å². The molecular formula is C46H70N2O19S. The van der Waals surface area contributed by atoms with Gasteiger partial charge in [-0.3, -0.25) is 33.5 Å². The van der Waals surface area contributed by atoms with Crippen LogP contribution in [0.1, 0.15) is 65.5 Å². The van der Waals surface area contributed by atoms with E-state index in [2.05, 4.69) is 9.80 Å². The van der Waals surface area contributed by atoms with E-state index in [4.69, 9.17) is 47.2 Å². The molecule has 2 aliphatic rings. The maximum atomic E-state index is 12.3. The van der Waals surface area contributed by atoms with Crippen LogP contribution in [0, 0.1) is 12.8 Å². The number of morpholine rings is 2. The molecule has 1 atom stereocenters. The molecule has 0 bridgehead atoms. The van der Waals surface area contributed by atoms with Crippen molar-refractivity contribution in [2.75, 3.05) is 105 Å². The van der Waals surface area contributed by atoms with Crippen molar-refractivity contribution in [1.82, 2.24) is 9.80 Å². The normalized spacial score (nSPS) is 14.2. The number of hydrogen-bond acceptors (Lipinski definition) is 20. The number of ether oxygens (including phenoxy) is 7. The molecule has 1 aromatic heterocycles. The molecule has 0 spiro atoms. The zero-order valence-corrected chi connectivity index (χ0v) is 39.9. The van der Waals surface area contributed by atoms with Gasteiger partial charge in [0.2, 0.25) is 0 Å². The number of carbonyl (C=O) groups excluding carboxylic acids is 4. The lowest BCUT2D eigenvalue weighted by molar-refractivity contribution is -0.152. The van der Waals surface area contributed by atoms with Crippen LogP contribution in [0.4, 0.5) is 0 Å². The lowest BCUT2D eigenvalue weighted by Gasteiger charge is -2.26. The second kappa shape index (κ2) is 32.3. The first-order valence-corrected chi connectivity index (χ1v) is 23.7. The highest BCUT2D eigenvalue weighted by atomic mass is 32.2. The average Bonchev–Trinajstić information content (AvgIpc) is 3.26. The zero-order chi connectivity index (χ0) is 49.9. The van der Waals surface area contributed by atoms with Crippen LogP contribution >= 0.6 is 0 Å². The van der Waals surface area contributed by atoms with E-state index in [0.29, 0.717) is 73.9 Å². The summed E-state index contributed by atoms with van der Waals surface area (Å²) in [6.07, 6.45) is 1.25. The maximum Gasteiger partial charge on any atom is 0.339 e. The summed E-state index contributed by atoms with van der Waals surface area (Å²) in [7, 11) is -3.67. The molecule has 0 radical (unpaired) electrons. The van der Waals surface area contributed by atoms with Gasteiger partial charge in [-0.2, -0.15) is 8.42 Å². The second-order valence-corrected chi connectivity index (χ2v) is 16.3. The molecule has 1 unspecified atom stereocenters. The van der Waals surface area contributed by atoms with E-state index in [1.807, 2.05) is 0 Å². The third-order valence-electron chi connectivity index (χ3n) is 9.74. The van der Waals surface area contributed by atoms with Gasteiger partial charge in [0.1, 0.15) is 36.2 Å². The van der Waals surface area contributed by atoms with Gasteiger partial charge in [0.25, 0.3) is 10.1 Å². The lowest BCUT2D eigenvalue weighted by Crippen LogP contribution is -2.38. The predicted molar refractivity (Wildman–Crippen MR) is 250 cm³/mol. The molecule has 4 N–H and O–H groups in total. The number of rotatable bonds is 19. The van der Waals surface area contributed by atoms with Crippen molar-refractivity contribution < 1.29 is 85.0 Å². The summed E-state index contributed by atoms with van der Waals surface area (Å²) in [4.78, 5) is 62.0. The van der Waals surface area contributed by atoms with Crippen molar-refractivity contribution in [1.29, 1.82) is 0 Å². The van der Waals surface area contributed by atoms with Gasteiger partial charge in [-0.15, -0.1) is 0 Å². The summed E-state index contributed by atoms with van der Waals surface area (Å²) in [5.74, 6) is -1.83. The first-order valence-electron chi connectivity index (χ1n) is 21.9.